The van der Waals surface area contributed by atoms with Gasteiger partial charge in [-0.2, -0.15) is 0 Å². The summed E-state index contributed by atoms with van der Waals surface area (Å²) in [7, 11) is 3.65. The van der Waals surface area contributed by atoms with E-state index < -0.39 is 0 Å². The first kappa shape index (κ1) is 15.8. The van der Waals surface area contributed by atoms with E-state index in [4.69, 9.17) is 4.74 Å². The third kappa shape index (κ3) is 4.46. The molecule has 1 aromatic carbocycles. The lowest BCUT2D eigenvalue weighted by atomic mass is 10.1. The molecule has 1 unspecified atom stereocenters. The van der Waals surface area contributed by atoms with Gasteiger partial charge in [-0.15, -0.1) is 0 Å². The van der Waals surface area contributed by atoms with Gasteiger partial charge in [0, 0.05) is 12.6 Å². The van der Waals surface area contributed by atoms with Crippen LogP contribution in [0.5, 0.6) is 5.75 Å². The highest BCUT2D eigenvalue weighted by Crippen LogP contribution is 2.18. The topological polar surface area (TPSA) is 41.6 Å². The van der Waals surface area contributed by atoms with Gasteiger partial charge in [-0.1, -0.05) is 25.0 Å². The Morgan fingerprint density at radius 2 is 2.14 bits per heavy atom. The summed E-state index contributed by atoms with van der Waals surface area (Å²) in [5.41, 5.74) is 1.15. The molecule has 0 spiro atoms. The summed E-state index contributed by atoms with van der Waals surface area (Å²) in [6.45, 7) is 2.70. The first-order valence-electron chi connectivity index (χ1n) is 7.73. The van der Waals surface area contributed by atoms with Gasteiger partial charge in [0.15, 0.2) is 0 Å². The number of methoxy groups -OCH3 is 1. The van der Waals surface area contributed by atoms with Gasteiger partial charge in [0.25, 0.3) is 0 Å². The molecular formula is C17H26N2O2. The monoisotopic (exact) mass is 290 g/mol. The summed E-state index contributed by atoms with van der Waals surface area (Å²) in [4.78, 5) is 14.3. The van der Waals surface area contributed by atoms with Crippen molar-refractivity contribution in [3.63, 3.8) is 0 Å². The van der Waals surface area contributed by atoms with E-state index in [1.165, 1.54) is 12.8 Å². The zero-order chi connectivity index (χ0) is 15.2. The predicted octanol–water partition coefficient (Wildman–Crippen LogP) is 2.57. The highest BCUT2D eigenvalue weighted by atomic mass is 16.5. The van der Waals surface area contributed by atoms with Crippen LogP contribution in [0.25, 0.3) is 0 Å². The zero-order valence-electron chi connectivity index (χ0n) is 13.3. The van der Waals surface area contributed by atoms with Crippen LogP contribution in [-0.4, -0.2) is 37.0 Å². The van der Waals surface area contributed by atoms with Crippen LogP contribution in [0.15, 0.2) is 24.3 Å². The summed E-state index contributed by atoms with van der Waals surface area (Å²) >= 11 is 0. The molecule has 1 atom stereocenters. The zero-order valence-corrected chi connectivity index (χ0v) is 13.3. The van der Waals surface area contributed by atoms with Crippen molar-refractivity contribution in [1.29, 1.82) is 0 Å². The summed E-state index contributed by atoms with van der Waals surface area (Å²) in [6, 6.07) is 8.23. The maximum absolute atomic E-state index is 12.3. The standard InChI is InChI=1S/C17H26N2O2/c1-13(17(20)18-15-8-4-5-9-15)19(2)12-14-7-6-10-16(11-14)21-3/h6-7,10-11,13,15H,4-5,8-9,12H2,1-3H3,(H,18,20). The minimum atomic E-state index is -0.128. The second-order valence-electron chi connectivity index (χ2n) is 5.93. The van der Waals surface area contributed by atoms with Crippen LogP contribution in [0.4, 0.5) is 0 Å². The molecule has 1 amide bonds. The van der Waals surface area contributed by atoms with Crippen LogP contribution >= 0.6 is 0 Å². The molecule has 21 heavy (non-hydrogen) atoms. The highest BCUT2D eigenvalue weighted by molar-refractivity contribution is 5.81. The molecular weight excluding hydrogens is 264 g/mol. The number of nitrogens with zero attached hydrogens (tertiary/aromatic N) is 1. The van der Waals surface area contributed by atoms with Gasteiger partial charge in [-0.05, 0) is 44.5 Å². The molecule has 4 heteroatoms. The van der Waals surface area contributed by atoms with Crippen LogP contribution < -0.4 is 10.1 Å². The van der Waals surface area contributed by atoms with Gasteiger partial charge in [0.2, 0.25) is 5.91 Å². The average Bonchev–Trinajstić information content (AvgIpc) is 2.99. The molecule has 116 valence electrons. The van der Waals surface area contributed by atoms with Crippen molar-refractivity contribution in [3.8, 4) is 5.75 Å². The molecule has 1 aliphatic carbocycles. The molecule has 1 aliphatic rings. The molecule has 1 aromatic rings. The largest absolute Gasteiger partial charge is 0.497 e. The third-order valence-electron chi connectivity index (χ3n) is 4.31. The predicted molar refractivity (Wildman–Crippen MR) is 84.3 cm³/mol. The molecule has 1 fully saturated rings. The number of likely N-dealkylation sites (N-methyl/N-ethyl adjacent to an activating group) is 1. The SMILES string of the molecule is COc1cccc(CN(C)C(C)C(=O)NC2CCCC2)c1. The van der Waals surface area contributed by atoms with Crippen molar-refractivity contribution < 1.29 is 9.53 Å². The second-order valence-corrected chi connectivity index (χ2v) is 5.93. The number of ether oxygens (including phenoxy) is 1. The Morgan fingerprint density at radius 3 is 2.81 bits per heavy atom. The van der Waals surface area contributed by atoms with Gasteiger partial charge in [-0.25, -0.2) is 0 Å². The van der Waals surface area contributed by atoms with Crippen LogP contribution in [0, 0.1) is 0 Å². The smallest absolute Gasteiger partial charge is 0.237 e. The minimum Gasteiger partial charge on any atom is -0.497 e. The molecule has 0 aliphatic heterocycles. The maximum Gasteiger partial charge on any atom is 0.237 e. The number of carbonyl (C=O) groups is 1. The van der Waals surface area contributed by atoms with Crippen molar-refractivity contribution in [2.24, 2.45) is 0 Å². The van der Waals surface area contributed by atoms with Crippen molar-refractivity contribution >= 4 is 5.91 Å². The van der Waals surface area contributed by atoms with E-state index in [1.807, 2.05) is 32.2 Å². The Labute approximate surface area is 127 Å². The fourth-order valence-corrected chi connectivity index (χ4v) is 2.79. The van der Waals surface area contributed by atoms with E-state index in [1.54, 1.807) is 7.11 Å². The van der Waals surface area contributed by atoms with E-state index in [0.29, 0.717) is 6.04 Å². The van der Waals surface area contributed by atoms with E-state index in [0.717, 1.165) is 30.7 Å². The number of hydrogen-bond acceptors (Lipinski definition) is 3. The molecule has 0 radical (unpaired) electrons. The van der Waals surface area contributed by atoms with Crippen molar-refractivity contribution in [2.75, 3.05) is 14.2 Å². The highest BCUT2D eigenvalue weighted by Gasteiger charge is 2.23. The van der Waals surface area contributed by atoms with Gasteiger partial charge in [0.05, 0.1) is 13.2 Å². The van der Waals surface area contributed by atoms with Crippen molar-refractivity contribution in [2.45, 2.75) is 51.2 Å². The first-order chi connectivity index (χ1) is 10.1. The number of hydrogen-bond donors (Lipinski definition) is 1. The number of carbonyl (C=O) groups excluding carboxylic acids is 1. The molecule has 0 saturated heterocycles. The van der Waals surface area contributed by atoms with E-state index >= 15 is 0 Å². The number of rotatable bonds is 6. The fraction of sp³-hybridized carbons (Fsp3) is 0.588. The Morgan fingerprint density at radius 1 is 1.43 bits per heavy atom. The summed E-state index contributed by atoms with van der Waals surface area (Å²) in [6.07, 6.45) is 4.72. The molecule has 1 saturated carbocycles. The minimum absolute atomic E-state index is 0.128. The Balaban J connectivity index is 1.88. The fourth-order valence-electron chi connectivity index (χ4n) is 2.79. The molecule has 0 bridgehead atoms. The average molecular weight is 290 g/mol. The van der Waals surface area contributed by atoms with Crippen LogP contribution in [0.1, 0.15) is 38.2 Å². The second kappa shape index (κ2) is 7.46. The van der Waals surface area contributed by atoms with E-state index in [-0.39, 0.29) is 11.9 Å². The number of benzene rings is 1. The van der Waals surface area contributed by atoms with Gasteiger partial charge in [-0.3, -0.25) is 9.69 Å². The van der Waals surface area contributed by atoms with E-state index in [9.17, 15) is 4.79 Å². The first-order valence-corrected chi connectivity index (χ1v) is 7.73. The summed E-state index contributed by atoms with van der Waals surface area (Å²) < 4.78 is 5.24. The van der Waals surface area contributed by atoms with Gasteiger partial charge in [0.1, 0.15) is 5.75 Å². The number of nitrogens with one attached hydrogen (secondary N) is 1. The molecule has 4 nitrogen and oxygen atoms in total. The molecule has 0 aromatic heterocycles. The van der Waals surface area contributed by atoms with Crippen molar-refractivity contribution in [3.05, 3.63) is 29.8 Å². The van der Waals surface area contributed by atoms with Crippen molar-refractivity contribution in [1.82, 2.24) is 10.2 Å². The van der Waals surface area contributed by atoms with Gasteiger partial charge < -0.3 is 10.1 Å². The third-order valence-corrected chi connectivity index (χ3v) is 4.31. The summed E-state index contributed by atoms with van der Waals surface area (Å²) in [5, 5.41) is 3.16. The van der Waals surface area contributed by atoms with Gasteiger partial charge >= 0.3 is 0 Å². The number of amides is 1. The lowest BCUT2D eigenvalue weighted by Crippen LogP contribution is -2.46. The van der Waals surface area contributed by atoms with Crippen LogP contribution in [0.3, 0.4) is 0 Å². The normalized spacial score (nSPS) is 17.0. The quantitative estimate of drug-likeness (QED) is 0.875. The molecule has 1 N–H and O–H groups in total. The molecule has 0 heterocycles. The Kier molecular flexibility index (Phi) is 5.62. The molecule has 2 rings (SSSR count). The lowest BCUT2D eigenvalue weighted by molar-refractivity contribution is -0.126. The summed E-state index contributed by atoms with van der Waals surface area (Å²) in [5.74, 6) is 0.983. The maximum atomic E-state index is 12.3. The van der Waals surface area contributed by atoms with Crippen LogP contribution in [-0.2, 0) is 11.3 Å². The Hall–Kier alpha value is -1.55. The van der Waals surface area contributed by atoms with E-state index in [2.05, 4.69) is 16.3 Å². The lowest BCUT2D eigenvalue weighted by Gasteiger charge is -2.25. The Bertz CT molecular complexity index is 470. The van der Waals surface area contributed by atoms with Crippen LogP contribution in [0.2, 0.25) is 0 Å².